The Morgan fingerprint density at radius 3 is 2.51 bits per heavy atom. The molecule has 6 rings (SSSR count). The number of aromatic nitrogens is 4. The van der Waals surface area contributed by atoms with E-state index < -0.39 is 0 Å². The van der Waals surface area contributed by atoms with Gasteiger partial charge >= 0.3 is 0 Å². The summed E-state index contributed by atoms with van der Waals surface area (Å²) >= 11 is 0. The summed E-state index contributed by atoms with van der Waals surface area (Å²) in [4.78, 5) is 25.6. The van der Waals surface area contributed by atoms with E-state index in [0.29, 0.717) is 5.82 Å². The number of rotatable bonds is 4. The number of hydrogen-bond acceptors (Lipinski definition) is 5. The molecular formula is C29H27N6OY-. The molecular weight excluding hydrogens is 537 g/mol. The quantitative estimate of drug-likeness (QED) is 0.291. The van der Waals surface area contributed by atoms with Crippen LogP contribution in [0.3, 0.4) is 0 Å². The smallest absolute Gasteiger partial charge is 0.220 e. The fourth-order valence-corrected chi connectivity index (χ4v) is 5.54. The monoisotopic (exact) mass is 564 g/mol. The fraction of sp³-hybridized carbons (Fsp3) is 0.241. The zero-order chi connectivity index (χ0) is 24.8. The van der Waals surface area contributed by atoms with Crippen LogP contribution in [-0.4, -0.2) is 25.4 Å². The van der Waals surface area contributed by atoms with Gasteiger partial charge in [0, 0.05) is 56.4 Å². The molecule has 1 amide bonds. The second kappa shape index (κ2) is 10.3. The van der Waals surface area contributed by atoms with Gasteiger partial charge in [0.25, 0.3) is 0 Å². The van der Waals surface area contributed by atoms with Gasteiger partial charge in [-0.25, -0.2) is 9.97 Å². The molecule has 183 valence electrons. The summed E-state index contributed by atoms with van der Waals surface area (Å²) in [5.41, 5.74) is 18.7. The van der Waals surface area contributed by atoms with Crippen molar-refractivity contribution >= 4 is 33.7 Å². The van der Waals surface area contributed by atoms with Gasteiger partial charge in [-0.3, -0.25) is 4.79 Å². The Hall–Kier alpha value is -3.16. The molecule has 0 unspecified atom stereocenters. The van der Waals surface area contributed by atoms with Gasteiger partial charge in [0.05, 0.1) is 5.39 Å². The molecule has 1 radical (unpaired) electrons. The Morgan fingerprint density at radius 1 is 1.03 bits per heavy atom. The first-order valence-corrected chi connectivity index (χ1v) is 12.3. The summed E-state index contributed by atoms with van der Waals surface area (Å²) in [7, 11) is 0. The molecule has 3 aromatic heterocycles. The van der Waals surface area contributed by atoms with Crippen LogP contribution in [0.25, 0.3) is 44.3 Å². The number of nitrogens with two attached hydrogens (primary N) is 2. The van der Waals surface area contributed by atoms with Crippen LogP contribution in [0.5, 0.6) is 0 Å². The number of amides is 1. The number of fused-ring (bicyclic) bond motifs is 2. The number of carbonyl (C=O) groups excluding carboxylic acids is 1. The van der Waals surface area contributed by atoms with Crippen LogP contribution < -0.4 is 11.5 Å². The molecule has 1 saturated carbocycles. The normalized spacial score (nSPS) is 17.5. The predicted molar refractivity (Wildman–Crippen MR) is 142 cm³/mol. The third kappa shape index (κ3) is 4.55. The second-order valence-electron chi connectivity index (χ2n) is 9.60. The van der Waals surface area contributed by atoms with Crippen molar-refractivity contribution in [2.45, 2.75) is 38.6 Å². The molecule has 1 aliphatic carbocycles. The third-order valence-corrected chi connectivity index (χ3v) is 7.52. The van der Waals surface area contributed by atoms with E-state index in [2.05, 4.69) is 58.0 Å². The Labute approximate surface area is 240 Å². The van der Waals surface area contributed by atoms with E-state index in [0.717, 1.165) is 75.6 Å². The van der Waals surface area contributed by atoms with Crippen LogP contribution in [0.15, 0.2) is 61.1 Å². The molecule has 0 spiro atoms. The Bertz CT molecular complexity index is 1610. The van der Waals surface area contributed by atoms with Crippen LogP contribution >= 0.6 is 0 Å². The van der Waals surface area contributed by atoms with Gasteiger partial charge in [0.15, 0.2) is 0 Å². The fourth-order valence-electron chi connectivity index (χ4n) is 5.54. The number of pyridine rings is 1. The van der Waals surface area contributed by atoms with Crippen molar-refractivity contribution in [2.75, 3.05) is 5.73 Å². The van der Waals surface area contributed by atoms with Gasteiger partial charge in [-0.05, 0) is 54.9 Å². The topological polar surface area (TPSA) is 113 Å². The number of benzene rings is 2. The summed E-state index contributed by atoms with van der Waals surface area (Å²) in [5.74, 6) is 0.201. The largest absolute Gasteiger partial charge is 0.383 e. The maximum atomic E-state index is 11.7. The van der Waals surface area contributed by atoms with Crippen molar-refractivity contribution in [3.05, 3.63) is 72.7 Å². The van der Waals surface area contributed by atoms with Crippen molar-refractivity contribution in [1.29, 1.82) is 0 Å². The summed E-state index contributed by atoms with van der Waals surface area (Å²) in [6.07, 6.45) is 6.97. The summed E-state index contributed by atoms with van der Waals surface area (Å²) < 4.78 is 2.21. The maximum absolute atomic E-state index is 11.7. The summed E-state index contributed by atoms with van der Waals surface area (Å²) in [6, 6.07) is 19.9. The standard InChI is InChI=1S/C29H27N6O.Y/c1-17-22(13-9-19-10-14-24(34-26(17)19)18-5-3-2-4-6-18)23-15-35(29-25(23)27(30)32-16-33-29)21-11-7-20(8-12-21)28(31)36;/h2-6,9,13-16,20-21H,7-8,11-12H2,1H3,(H2,31,36)(H2,30,32,33);/q-1;. The molecule has 4 N–H and O–H groups in total. The molecule has 0 saturated heterocycles. The van der Waals surface area contributed by atoms with E-state index >= 15 is 0 Å². The number of carbonyl (C=O) groups is 1. The Morgan fingerprint density at radius 2 is 1.78 bits per heavy atom. The van der Waals surface area contributed by atoms with Gasteiger partial charge in [0.2, 0.25) is 5.91 Å². The van der Waals surface area contributed by atoms with Gasteiger partial charge in [-0.2, -0.15) is 0 Å². The van der Waals surface area contributed by atoms with E-state index in [1.165, 1.54) is 6.33 Å². The second-order valence-corrected chi connectivity index (χ2v) is 9.60. The number of nitrogen functional groups attached to an aromatic ring is 1. The average molecular weight is 564 g/mol. The first kappa shape index (κ1) is 25.5. The molecule has 1 aliphatic rings. The Balaban J connectivity index is 0.00000280. The molecule has 0 atom stereocenters. The number of primary amides is 1. The number of anilines is 1. The first-order valence-electron chi connectivity index (χ1n) is 12.3. The van der Waals surface area contributed by atoms with Crippen LogP contribution in [0, 0.1) is 18.9 Å². The van der Waals surface area contributed by atoms with E-state index in [-0.39, 0.29) is 50.6 Å². The van der Waals surface area contributed by atoms with Crippen LogP contribution in [0.4, 0.5) is 5.82 Å². The molecule has 1 fully saturated rings. The zero-order valence-corrected chi connectivity index (χ0v) is 23.5. The van der Waals surface area contributed by atoms with Crippen molar-refractivity contribution < 1.29 is 37.5 Å². The minimum absolute atomic E-state index is 0. The molecule has 2 aromatic carbocycles. The summed E-state index contributed by atoms with van der Waals surface area (Å²) in [6.45, 7) is 2.09. The van der Waals surface area contributed by atoms with Gasteiger partial charge in [-0.15, -0.1) is 23.6 Å². The van der Waals surface area contributed by atoms with Crippen LogP contribution in [-0.2, 0) is 37.5 Å². The molecule has 37 heavy (non-hydrogen) atoms. The molecule has 7 nitrogen and oxygen atoms in total. The van der Waals surface area contributed by atoms with Crippen LogP contribution in [0.2, 0.25) is 0 Å². The van der Waals surface area contributed by atoms with E-state index in [4.69, 9.17) is 16.5 Å². The zero-order valence-electron chi connectivity index (χ0n) is 20.7. The minimum Gasteiger partial charge on any atom is -0.383 e. The number of hydrogen-bond donors (Lipinski definition) is 2. The number of nitrogens with zero attached hydrogens (tertiary/aromatic N) is 4. The van der Waals surface area contributed by atoms with E-state index in [1.54, 1.807) is 0 Å². The minimum atomic E-state index is -0.205. The Kier molecular flexibility index (Phi) is 7.10. The van der Waals surface area contributed by atoms with Crippen molar-refractivity contribution in [3.8, 4) is 22.4 Å². The third-order valence-electron chi connectivity index (χ3n) is 7.52. The van der Waals surface area contributed by atoms with Gasteiger partial charge < -0.3 is 21.0 Å². The SMILES string of the molecule is Cc1c(-c2cn(C3CCC(C(N)=O)CC3)c3ncnc(N)c23)ccc2[c-]cc(-c3ccccc3)nc12.[Y]. The number of aryl methyl sites for hydroxylation is 1. The molecule has 3 heterocycles. The molecule has 8 heteroatoms. The maximum Gasteiger partial charge on any atom is 0.220 e. The predicted octanol–water partition coefficient (Wildman–Crippen LogP) is 5.22. The van der Waals surface area contributed by atoms with E-state index in [9.17, 15) is 4.79 Å². The van der Waals surface area contributed by atoms with Gasteiger partial charge in [-0.1, -0.05) is 42.0 Å². The van der Waals surface area contributed by atoms with Crippen molar-refractivity contribution in [1.82, 2.24) is 19.5 Å². The first-order chi connectivity index (χ1) is 17.5. The van der Waals surface area contributed by atoms with E-state index in [1.807, 2.05) is 24.3 Å². The van der Waals surface area contributed by atoms with Crippen molar-refractivity contribution in [3.63, 3.8) is 0 Å². The van der Waals surface area contributed by atoms with Crippen molar-refractivity contribution in [2.24, 2.45) is 11.7 Å². The van der Waals surface area contributed by atoms with Gasteiger partial charge in [0.1, 0.15) is 17.8 Å². The molecule has 0 aliphatic heterocycles. The average Bonchev–Trinajstić information content (AvgIpc) is 3.30. The molecule has 5 aromatic rings. The molecule has 0 bridgehead atoms. The van der Waals surface area contributed by atoms with Crippen LogP contribution in [0.1, 0.15) is 37.3 Å². The summed E-state index contributed by atoms with van der Waals surface area (Å²) in [5, 5.41) is 1.81.